The molecule has 0 aromatic carbocycles. The van der Waals surface area contributed by atoms with Gasteiger partial charge < -0.3 is 15.2 Å². The Hall–Kier alpha value is -0.970. The van der Waals surface area contributed by atoms with Gasteiger partial charge in [0.1, 0.15) is 0 Å². The van der Waals surface area contributed by atoms with Crippen molar-refractivity contribution in [1.82, 2.24) is 10.3 Å². The van der Waals surface area contributed by atoms with Crippen molar-refractivity contribution < 1.29 is 9.84 Å². The van der Waals surface area contributed by atoms with Gasteiger partial charge in [0.25, 0.3) is 0 Å². The number of hydrogen-bond donors (Lipinski definition) is 2. The average molecular weight is 222 g/mol. The fourth-order valence-corrected chi connectivity index (χ4v) is 2.14. The lowest BCUT2D eigenvalue weighted by atomic mass is 10.2. The van der Waals surface area contributed by atoms with E-state index < -0.39 is 6.10 Å². The molecule has 4 heteroatoms. The molecule has 0 spiro atoms. The lowest BCUT2D eigenvalue weighted by Crippen LogP contribution is -2.32. The van der Waals surface area contributed by atoms with E-state index in [4.69, 9.17) is 4.74 Å². The zero-order valence-electron chi connectivity index (χ0n) is 9.52. The molecule has 16 heavy (non-hydrogen) atoms. The van der Waals surface area contributed by atoms with E-state index in [0.717, 1.165) is 18.5 Å². The van der Waals surface area contributed by atoms with Gasteiger partial charge in [-0.1, -0.05) is 6.07 Å². The zero-order valence-corrected chi connectivity index (χ0v) is 9.52. The number of ether oxygens (including phenoxy) is 1. The molecule has 1 aromatic heterocycles. The number of nitrogens with one attached hydrogen (secondary N) is 1. The summed E-state index contributed by atoms with van der Waals surface area (Å²) in [4.78, 5) is 4.39. The van der Waals surface area contributed by atoms with Gasteiger partial charge >= 0.3 is 0 Å². The molecule has 2 atom stereocenters. The number of rotatable bonds is 5. The summed E-state index contributed by atoms with van der Waals surface area (Å²) in [6, 6.07) is 4.37. The summed E-state index contributed by atoms with van der Waals surface area (Å²) in [6.45, 7) is 0.920. The third kappa shape index (κ3) is 2.58. The molecule has 1 aliphatic carbocycles. The van der Waals surface area contributed by atoms with Crippen LogP contribution in [0.4, 0.5) is 0 Å². The van der Waals surface area contributed by atoms with E-state index in [1.165, 1.54) is 5.56 Å². The highest BCUT2D eigenvalue weighted by molar-refractivity contribution is 5.27. The summed E-state index contributed by atoms with van der Waals surface area (Å²) in [7, 11) is 1.59. The van der Waals surface area contributed by atoms with Gasteiger partial charge in [-0.25, -0.2) is 0 Å². The molecule has 1 aliphatic rings. The second kappa shape index (κ2) is 5.39. The van der Waals surface area contributed by atoms with Crippen LogP contribution in [0.1, 0.15) is 23.7 Å². The second-order valence-corrected chi connectivity index (χ2v) is 4.16. The number of aliphatic hydroxyl groups excluding tert-OH is 1. The van der Waals surface area contributed by atoms with Crippen molar-refractivity contribution in [3.63, 3.8) is 0 Å². The highest BCUT2D eigenvalue weighted by Crippen LogP contribution is 2.28. The van der Waals surface area contributed by atoms with Crippen molar-refractivity contribution in [2.45, 2.75) is 25.0 Å². The minimum absolute atomic E-state index is 0.280. The van der Waals surface area contributed by atoms with Crippen molar-refractivity contribution in [3.05, 3.63) is 29.6 Å². The predicted octanol–water partition coefficient (Wildman–Crippen LogP) is 0.666. The number of hydrogen-bond acceptors (Lipinski definition) is 4. The first-order valence-electron chi connectivity index (χ1n) is 5.65. The maximum atomic E-state index is 9.55. The van der Waals surface area contributed by atoms with Crippen LogP contribution >= 0.6 is 0 Å². The number of fused-ring (bicyclic) bond motifs is 1. The van der Waals surface area contributed by atoms with Gasteiger partial charge in [-0.3, -0.25) is 4.98 Å². The Morgan fingerprint density at radius 3 is 3.38 bits per heavy atom. The quantitative estimate of drug-likeness (QED) is 0.768. The number of nitrogens with zero attached hydrogens (tertiary/aromatic N) is 1. The van der Waals surface area contributed by atoms with E-state index in [-0.39, 0.29) is 6.04 Å². The van der Waals surface area contributed by atoms with Crippen molar-refractivity contribution in [3.8, 4) is 0 Å². The smallest absolute Gasteiger partial charge is 0.0897 e. The van der Waals surface area contributed by atoms with Crippen LogP contribution in [0, 0.1) is 0 Å². The standard InChI is InChI=1S/C12H18N2O2/c1-16-8-10(15)7-14-11-5-4-9-3-2-6-13-12(9)11/h2-3,6,10-11,14-15H,4-5,7-8H2,1H3. The molecule has 1 aromatic rings. The Morgan fingerprint density at radius 1 is 1.69 bits per heavy atom. The Labute approximate surface area is 95.7 Å². The van der Waals surface area contributed by atoms with Crippen LogP contribution in [-0.4, -0.2) is 36.5 Å². The molecule has 0 amide bonds. The van der Waals surface area contributed by atoms with Crippen molar-refractivity contribution >= 4 is 0 Å². The first-order chi connectivity index (χ1) is 7.81. The summed E-state index contributed by atoms with van der Waals surface area (Å²) < 4.78 is 4.88. The fraction of sp³-hybridized carbons (Fsp3) is 0.583. The second-order valence-electron chi connectivity index (χ2n) is 4.16. The lowest BCUT2D eigenvalue weighted by Gasteiger charge is -2.16. The number of aromatic nitrogens is 1. The van der Waals surface area contributed by atoms with E-state index in [9.17, 15) is 5.11 Å². The highest BCUT2D eigenvalue weighted by atomic mass is 16.5. The van der Waals surface area contributed by atoms with Gasteiger partial charge in [-0.15, -0.1) is 0 Å². The van der Waals surface area contributed by atoms with Crippen molar-refractivity contribution in [2.75, 3.05) is 20.3 Å². The number of methoxy groups -OCH3 is 1. The summed E-state index contributed by atoms with van der Waals surface area (Å²) in [5.74, 6) is 0. The zero-order chi connectivity index (χ0) is 11.4. The van der Waals surface area contributed by atoms with E-state index in [1.807, 2.05) is 12.3 Å². The Balaban J connectivity index is 1.88. The summed E-state index contributed by atoms with van der Waals surface area (Å²) in [5.41, 5.74) is 2.45. The molecular formula is C12H18N2O2. The van der Waals surface area contributed by atoms with Crippen molar-refractivity contribution in [2.24, 2.45) is 0 Å². The molecule has 88 valence electrons. The van der Waals surface area contributed by atoms with Gasteiger partial charge in [0.05, 0.1) is 24.4 Å². The topological polar surface area (TPSA) is 54.4 Å². The van der Waals surface area contributed by atoms with Crippen molar-refractivity contribution in [1.29, 1.82) is 0 Å². The molecule has 0 saturated heterocycles. The number of aryl methyl sites for hydroxylation is 1. The van der Waals surface area contributed by atoms with Gasteiger partial charge in [-0.05, 0) is 24.5 Å². The van der Waals surface area contributed by atoms with E-state index in [1.54, 1.807) is 7.11 Å². The molecule has 1 heterocycles. The Kier molecular flexibility index (Phi) is 3.88. The SMILES string of the molecule is COCC(O)CNC1CCc2cccnc21. The summed E-state index contributed by atoms with van der Waals surface area (Å²) in [6.07, 6.45) is 3.51. The highest BCUT2D eigenvalue weighted by Gasteiger charge is 2.23. The predicted molar refractivity (Wildman–Crippen MR) is 61.2 cm³/mol. The molecule has 2 rings (SSSR count). The Bertz CT molecular complexity index is 344. The molecule has 0 bridgehead atoms. The molecule has 0 fully saturated rings. The molecule has 0 radical (unpaired) electrons. The first kappa shape index (κ1) is 11.5. The van der Waals surface area contributed by atoms with E-state index >= 15 is 0 Å². The average Bonchev–Trinajstić information content (AvgIpc) is 2.70. The van der Waals surface area contributed by atoms with Crippen LogP contribution in [0.5, 0.6) is 0 Å². The minimum Gasteiger partial charge on any atom is -0.389 e. The molecule has 0 aliphatic heterocycles. The number of pyridine rings is 1. The third-order valence-electron chi connectivity index (χ3n) is 2.92. The van der Waals surface area contributed by atoms with Crippen LogP contribution < -0.4 is 5.32 Å². The molecule has 4 nitrogen and oxygen atoms in total. The molecule has 2 unspecified atom stereocenters. The molecular weight excluding hydrogens is 204 g/mol. The van der Waals surface area contributed by atoms with E-state index in [0.29, 0.717) is 13.2 Å². The van der Waals surface area contributed by atoms with Crippen LogP contribution in [0.15, 0.2) is 18.3 Å². The van der Waals surface area contributed by atoms with Crippen LogP contribution in [0.2, 0.25) is 0 Å². The van der Waals surface area contributed by atoms with Crippen LogP contribution in [0.3, 0.4) is 0 Å². The largest absolute Gasteiger partial charge is 0.389 e. The lowest BCUT2D eigenvalue weighted by molar-refractivity contribution is 0.0626. The number of aliphatic hydroxyl groups is 1. The fourth-order valence-electron chi connectivity index (χ4n) is 2.14. The maximum absolute atomic E-state index is 9.55. The van der Waals surface area contributed by atoms with Crippen LogP contribution in [-0.2, 0) is 11.2 Å². The molecule has 0 saturated carbocycles. The third-order valence-corrected chi connectivity index (χ3v) is 2.92. The van der Waals surface area contributed by atoms with Gasteiger partial charge in [0.2, 0.25) is 0 Å². The van der Waals surface area contributed by atoms with Gasteiger partial charge in [-0.2, -0.15) is 0 Å². The summed E-state index contributed by atoms with van der Waals surface area (Å²) in [5, 5.41) is 12.9. The molecule has 2 N–H and O–H groups in total. The first-order valence-corrected chi connectivity index (χ1v) is 5.65. The minimum atomic E-state index is -0.447. The summed E-state index contributed by atoms with van der Waals surface area (Å²) >= 11 is 0. The van der Waals surface area contributed by atoms with Gasteiger partial charge in [0.15, 0.2) is 0 Å². The Morgan fingerprint density at radius 2 is 2.56 bits per heavy atom. The van der Waals surface area contributed by atoms with Gasteiger partial charge in [0, 0.05) is 19.9 Å². The monoisotopic (exact) mass is 222 g/mol. The normalized spacial score (nSPS) is 20.8. The maximum Gasteiger partial charge on any atom is 0.0897 e. The van der Waals surface area contributed by atoms with E-state index in [2.05, 4.69) is 16.4 Å². The van der Waals surface area contributed by atoms with Crippen LogP contribution in [0.25, 0.3) is 0 Å².